The highest BCUT2D eigenvalue weighted by Gasteiger charge is 2.33. The average Bonchev–Trinajstić information content (AvgIpc) is 3.31. The number of hydrogen-bond acceptors (Lipinski definition) is 6. The summed E-state index contributed by atoms with van der Waals surface area (Å²) in [6.45, 7) is 4.98. The Labute approximate surface area is 162 Å². The van der Waals surface area contributed by atoms with E-state index in [1.54, 1.807) is 26.0 Å². The predicted octanol–water partition coefficient (Wildman–Crippen LogP) is 2.25. The first-order valence-corrected chi connectivity index (χ1v) is 9.77. The summed E-state index contributed by atoms with van der Waals surface area (Å²) in [5.74, 6) is -0.553. The molecular weight excluding hydrogens is 382 g/mol. The van der Waals surface area contributed by atoms with Crippen molar-refractivity contribution in [2.75, 3.05) is 11.8 Å². The van der Waals surface area contributed by atoms with Crippen molar-refractivity contribution in [3.05, 3.63) is 41.9 Å². The second-order valence-electron chi connectivity index (χ2n) is 6.77. The van der Waals surface area contributed by atoms with Crippen LogP contribution in [0.3, 0.4) is 0 Å². The minimum Gasteiger partial charge on any atom is -0.467 e. The van der Waals surface area contributed by atoms with Gasteiger partial charge in [0.05, 0.1) is 30.1 Å². The number of carbonyl (C=O) groups excluding carboxylic acids is 1. The molecule has 0 bridgehead atoms. The number of sulfonamides is 1. The van der Waals surface area contributed by atoms with E-state index in [4.69, 9.17) is 4.74 Å². The highest BCUT2D eigenvalue weighted by Crippen LogP contribution is 2.30. The molecule has 1 aromatic carbocycles. The van der Waals surface area contributed by atoms with Crippen LogP contribution < -0.4 is 4.72 Å². The van der Waals surface area contributed by atoms with Gasteiger partial charge in [-0.3, -0.25) is 9.40 Å². The Bertz CT molecular complexity index is 1210. The molecule has 0 aliphatic carbocycles. The molecule has 2 heterocycles. The van der Waals surface area contributed by atoms with Gasteiger partial charge in [-0.25, -0.2) is 13.2 Å². The van der Waals surface area contributed by atoms with Gasteiger partial charge in [0.1, 0.15) is 11.0 Å². The third kappa shape index (κ3) is 3.10. The highest BCUT2D eigenvalue weighted by atomic mass is 32.2. The number of nitriles is 1. The number of esters is 1. The van der Waals surface area contributed by atoms with E-state index in [0.29, 0.717) is 22.2 Å². The van der Waals surface area contributed by atoms with E-state index in [1.165, 1.54) is 24.2 Å². The van der Waals surface area contributed by atoms with Crippen LogP contribution in [0.5, 0.6) is 0 Å². The lowest BCUT2D eigenvalue weighted by Crippen LogP contribution is -2.37. The van der Waals surface area contributed by atoms with Crippen molar-refractivity contribution < 1.29 is 17.9 Å². The number of nitrogens with one attached hydrogen (secondary N) is 2. The lowest BCUT2D eigenvalue weighted by Gasteiger charge is -2.21. The summed E-state index contributed by atoms with van der Waals surface area (Å²) in [5, 5.41) is 13.9. The molecule has 10 heteroatoms. The topological polar surface area (TPSA) is 130 Å². The molecular formula is C18H19N5O4S. The number of fused-ring (bicyclic) bond motifs is 1. The fraction of sp³-hybridized carbons (Fsp3) is 0.278. The number of aryl methyl sites for hydroxylation is 1. The van der Waals surface area contributed by atoms with Crippen molar-refractivity contribution in [3.63, 3.8) is 0 Å². The normalized spacial score (nSPS) is 12.0. The lowest BCUT2D eigenvalue weighted by molar-refractivity contribution is -0.150. The van der Waals surface area contributed by atoms with E-state index in [-0.39, 0.29) is 4.90 Å². The number of anilines is 1. The van der Waals surface area contributed by atoms with Gasteiger partial charge in [-0.1, -0.05) is 6.07 Å². The quantitative estimate of drug-likeness (QED) is 0.631. The highest BCUT2D eigenvalue weighted by molar-refractivity contribution is 7.92. The van der Waals surface area contributed by atoms with Gasteiger partial charge in [-0.15, -0.1) is 0 Å². The zero-order valence-corrected chi connectivity index (χ0v) is 16.6. The minimum absolute atomic E-state index is 0.106. The van der Waals surface area contributed by atoms with Crippen molar-refractivity contribution >= 4 is 32.6 Å². The van der Waals surface area contributed by atoms with E-state index in [2.05, 4.69) is 20.9 Å². The number of nitrogens with zero attached hydrogens (tertiary/aromatic N) is 3. The molecule has 0 radical (unpaired) electrons. The predicted molar refractivity (Wildman–Crippen MR) is 102 cm³/mol. The lowest BCUT2D eigenvalue weighted by atomic mass is 10.1. The van der Waals surface area contributed by atoms with Crippen LogP contribution in [0.15, 0.2) is 35.6 Å². The van der Waals surface area contributed by atoms with Crippen molar-refractivity contribution in [3.8, 4) is 6.07 Å². The molecule has 9 nitrogen and oxygen atoms in total. The van der Waals surface area contributed by atoms with Crippen LogP contribution in [0.1, 0.15) is 25.0 Å². The van der Waals surface area contributed by atoms with Crippen LogP contribution in [0.4, 0.5) is 5.69 Å². The molecule has 0 fully saturated rings. The Kier molecular flexibility index (Phi) is 4.64. The van der Waals surface area contributed by atoms with Crippen LogP contribution >= 0.6 is 0 Å². The Hall–Kier alpha value is -3.32. The maximum atomic E-state index is 12.8. The fourth-order valence-electron chi connectivity index (χ4n) is 2.89. The molecule has 2 aromatic heterocycles. The molecule has 0 saturated carbocycles. The van der Waals surface area contributed by atoms with Gasteiger partial charge in [-0.05, 0) is 32.4 Å². The summed E-state index contributed by atoms with van der Waals surface area (Å²) in [5.41, 5.74) is 0.940. The van der Waals surface area contributed by atoms with Gasteiger partial charge in [-0.2, -0.15) is 10.4 Å². The SMILES string of the molecule is COC(=O)C(C)(C)n1cc(S(=O)(=O)Nc2ccc(C)c3c(C#N)c[nH]c23)cn1. The van der Waals surface area contributed by atoms with Crippen LogP contribution in [-0.2, 0) is 25.1 Å². The van der Waals surface area contributed by atoms with Crippen molar-refractivity contribution in [2.45, 2.75) is 31.2 Å². The molecule has 146 valence electrons. The summed E-state index contributed by atoms with van der Waals surface area (Å²) in [4.78, 5) is 14.8. The van der Waals surface area contributed by atoms with Crippen molar-refractivity contribution in [1.29, 1.82) is 5.26 Å². The van der Waals surface area contributed by atoms with Crippen LogP contribution in [0, 0.1) is 18.3 Å². The van der Waals surface area contributed by atoms with E-state index >= 15 is 0 Å². The number of aromatic amines is 1. The van der Waals surface area contributed by atoms with Gasteiger partial charge in [0, 0.05) is 17.8 Å². The largest absolute Gasteiger partial charge is 0.467 e. The Balaban J connectivity index is 2.00. The number of benzene rings is 1. The zero-order valence-electron chi connectivity index (χ0n) is 15.8. The molecule has 0 spiro atoms. The summed E-state index contributed by atoms with van der Waals surface area (Å²) < 4.78 is 34.1. The van der Waals surface area contributed by atoms with Gasteiger partial charge in [0.2, 0.25) is 0 Å². The number of ether oxygens (including phenoxy) is 1. The van der Waals surface area contributed by atoms with E-state index in [1.807, 2.05) is 6.92 Å². The van der Waals surface area contributed by atoms with E-state index in [0.717, 1.165) is 11.8 Å². The molecule has 0 aliphatic heterocycles. The van der Waals surface area contributed by atoms with Crippen molar-refractivity contribution in [1.82, 2.24) is 14.8 Å². The second kappa shape index (κ2) is 6.69. The van der Waals surface area contributed by atoms with E-state index < -0.39 is 21.5 Å². The summed E-state index contributed by atoms with van der Waals surface area (Å²) in [7, 11) is -2.72. The van der Waals surface area contributed by atoms with Crippen molar-refractivity contribution in [2.24, 2.45) is 0 Å². The molecule has 0 unspecified atom stereocenters. The van der Waals surface area contributed by atoms with Gasteiger partial charge < -0.3 is 9.72 Å². The van der Waals surface area contributed by atoms with Gasteiger partial charge in [0.15, 0.2) is 5.54 Å². The molecule has 28 heavy (non-hydrogen) atoms. The Morgan fingerprint density at radius 1 is 1.39 bits per heavy atom. The molecule has 0 amide bonds. The third-order valence-corrected chi connectivity index (χ3v) is 5.86. The smallest absolute Gasteiger partial charge is 0.333 e. The molecule has 3 rings (SSSR count). The summed E-state index contributed by atoms with van der Waals surface area (Å²) >= 11 is 0. The number of H-pyrrole nitrogens is 1. The summed E-state index contributed by atoms with van der Waals surface area (Å²) in [6, 6.07) is 5.44. The first kappa shape index (κ1) is 19.4. The van der Waals surface area contributed by atoms with Crippen LogP contribution in [-0.4, -0.2) is 36.3 Å². The monoisotopic (exact) mass is 401 g/mol. The van der Waals surface area contributed by atoms with Crippen LogP contribution in [0.2, 0.25) is 0 Å². The molecule has 0 aliphatic rings. The zero-order chi connectivity index (χ0) is 20.7. The molecule has 0 atom stereocenters. The third-order valence-electron chi connectivity index (χ3n) is 4.54. The second-order valence-corrected chi connectivity index (χ2v) is 8.45. The molecule has 2 N–H and O–H groups in total. The molecule has 0 saturated heterocycles. The number of carbonyl (C=O) groups is 1. The number of methoxy groups -OCH3 is 1. The maximum Gasteiger partial charge on any atom is 0.333 e. The summed E-state index contributed by atoms with van der Waals surface area (Å²) in [6.07, 6.45) is 3.96. The number of aromatic nitrogens is 3. The first-order chi connectivity index (χ1) is 13.1. The molecule has 3 aromatic rings. The van der Waals surface area contributed by atoms with Gasteiger partial charge >= 0.3 is 5.97 Å². The first-order valence-electron chi connectivity index (χ1n) is 8.29. The average molecular weight is 401 g/mol. The minimum atomic E-state index is -3.98. The Morgan fingerprint density at radius 2 is 2.11 bits per heavy atom. The van der Waals surface area contributed by atoms with E-state index in [9.17, 15) is 18.5 Å². The number of rotatable bonds is 5. The Morgan fingerprint density at radius 3 is 2.75 bits per heavy atom. The van der Waals surface area contributed by atoms with Crippen LogP contribution in [0.25, 0.3) is 10.9 Å². The number of hydrogen-bond donors (Lipinski definition) is 2. The van der Waals surface area contributed by atoms with Gasteiger partial charge in [0.25, 0.3) is 10.0 Å². The maximum absolute atomic E-state index is 12.8. The fourth-order valence-corrected chi connectivity index (χ4v) is 3.89. The standard InChI is InChI=1S/C18H19N5O4S/c1-11-5-6-14(16-15(11)12(7-19)8-20-16)22-28(25,26)13-9-21-23(10-13)18(2,3)17(24)27-4/h5-6,8-10,20,22H,1-4H3.